The Kier molecular flexibility index (Phi) is 3.62. The van der Waals surface area contributed by atoms with Crippen LogP contribution in [0.1, 0.15) is 25.7 Å². The Morgan fingerprint density at radius 3 is 2.60 bits per heavy atom. The van der Waals surface area contributed by atoms with Crippen LogP contribution in [0.25, 0.3) is 0 Å². The van der Waals surface area contributed by atoms with Crippen molar-refractivity contribution < 1.29 is 9.84 Å². The van der Waals surface area contributed by atoms with E-state index < -0.39 is 0 Å². The van der Waals surface area contributed by atoms with Gasteiger partial charge in [-0.05, 0) is 30.9 Å². The van der Waals surface area contributed by atoms with E-state index in [4.69, 9.17) is 4.74 Å². The highest BCUT2D eigenvalue weighted by molar-refractivity contribution is 5.20. The summed E-state index contributed by atoms with van der Waals surface area (Å²) in [5.41, 5.74) is 0. The van der Waals surface area contributed by atoms with Gasteiger partial charge in [-0.25, -0.2) is 0 Å². The van der Waals surface area contributed by atoms with Crippen molar-refractivity contribution in [2.24, 2.45) is 5.92 Å². The van der Waals surface area contributed by atoms with E-state index in [9.17, 15) is 5.11 Å². The predicted molar refractivity (Wildman–Crippen MR) is 59.9 cm³/mol. The highest BCUT2D eigenvalue weighted by Gasteiger charge is 2.25. The Morgan fingerprint density at radius 1 is 1.27 bits per heavy atom. The maximum Gasteiger partial charge on any atom is 0.119 e. The molecule has 1 fully saturated rings. The van der Waals surface area contributed by atoms with Crippen molar-refractivity contribution in [3.8, 4) is 5.75 Å². The molecule has 0 aliphatic heterocycles. The Bertz CT molecular complexity index is 280. The van der Waals surface area contributed by atoms with Gasteiger partial charge >= 0.3 is 0 Å². The summed E-state index contributed by atoms with van der Waals surface area (Å²) in [4.78, 5) is 0. The third-order valence-corrected chi connectivity index (χ3v) is 3.12. The van der Waals surface area contributed by atoms with Crippen LogP contribution in [0.4, 0.5) is 0 Å². The molecule has 1 atom stereocenters. The molecule has 2 nitrogen and oxygen atoms in total. The first kappa shape index (κ1) is 10.5. The van der Waals surface area contributed by atoms with Crippen LogP contribution < -0.4 is 4.74 Å². The van der Waals surface area contributed by atoms with Gasteiger partial charge < -0.3 is 9.84 Å². The van der Waals surface area contributed by atoms with Crippen LogP contribution in [-0.4, -0.2) is 17.8 Å². The predicted octanol–water partition coefficient (Wildman–Crippen LogP) is 2.62. The lowest BCUT2D eigenvalue weighted by molar-refractivity contribution is 0.0446. The Labute approximate surface area is 90.9 Å². The largest absolute Gasteiger partial charge is 0.493 e. The molecular weight excluding hydrogens is 188 g/mol. The lowest BCUT2D eigenvalue weighted by Crippen LogP contribution is -2.28. The zero-order valence-electron chi connectivity index (χ0n) is 8.93. The number of rotatable bonds is 5. The van der Waals surface area contributed by atoms with E-state index in [1.165, 1.54) is 19.3 Å². The summed E-state index contributed by atoms with van der Waals surface area (Å²) in [7, 11) is 0. The standard InChI is InChI=1S/C13H18O2/c14-13(11-5-4-6-11)9-10-15-12-7-2-1-3-8-12/h1-3,7-8,11,13-14H,4-6,9-10H2. The molecular formula is C13H18O2. The summed E-state index contributed by atoms with van der Waals surface area (Å²) >= 11 is 0. The van der Waals surface area contributed by atoms with E-state index in [-0.39, 0.29) is 6.10 Å². The van der Waals surface area contributed by atoms with Gasteiger partial charge in [0.15, 0.2) is 0 Å². The van der Waals surface area contributed by atoms with Gasteiger partial charge in [0.2, 0.25) is 0 Å². The van der Waals surface area contributed by atoms with Crippen molar-refractivity contribution in [2.75, 3.05) is 6.61 Å². The average Bonchev–Trinajstić information content (AvgIpc) is 2.16. The van der Waals surface area contributed by atoms with Crippen molar-refractivity contribution in [1.82, 2.24) is 0 Å². The molecule has 1 N–H and O–H groups in total. The topological polar surface area (TPSA) is 29.5 Å². The maximum absolute atomic E-state index is 9.77. The molecule has 2 rings (SSSR count). The molecule has 0 aromatic heterocycles. The molecule has 0 radical (unpaired) electrons. The molecule has 15 heavy (non-hydrogen) atoms. The quantitative estimate of drug-likeness (QED) is 0.802. The monoisotopic (exact) mass is 206 g/mol. The Hall–Kier alpha value is -1.02. The van der Waals surface area contributed by atoms with E-state index in [1.54, 1.807) is 0 Å². The molecule has 82 valence electrons. The van der Waals surface area contributed by atoms with E-state index in [0.29, 0.717) is 12.5 Å². The number of hydrogen-bond acceptors (Lipinski definition) is 2. The molecule has 0 heterocycles. The van der Waals surface area contributed by atoms with Gasteiger partial charge in [0.1, 0.15) is 5.75 Å². The van der Waals surface area contributed by atoms with Gasteiger partial charge in [0.25, 0.3) is 0 Å². The fraction of sp³-hybridized carbons (Fsp3) is 0.538. The molecule has 0 bridgehead atoms. The first-order valence-corrected chi connectivity index (χ1v) is 5.72. The smallest absolute Gasteiger partial charge is 0.119 e. The number of para-hydroxylation sites is 1. The lowest BCUT2D eigenvalue weighted by atomic mass is 9.80. The molecule has 0 spiro atoms. The number of ether oxygens (including phenoxy) is 1. The van der Waals surface area contributed by atoms with E-state index >= 15 is 0 Å². The van der Waals surface area contributed by atoms with E-state index in [1.807, 2.05) is 30.3 Å². The molecule has 1 aliphatic carbocycles. The second kappa shape index (κ2) is 5.17. The first-order chi connectivity index (χ1) is 7.36. The van der Waals surface area contributed by atoms with Crippen molar-refractivity contribution in [3.63, 3.8) is 0 Å². The molecule has 1 aliphatic rings. The fourth-order valence-electron chi connectivity index (χ4n) is 1.87. The van der Waals surface area contributed by atoms with Crippen LogP contribution in [-0.2, 0) is 0 Å². The minimum absolute atomic E-state index is 0.164. The van der Waals surface area contributed by atoms with Gasteiger partial charge in [-0.15, -0.1) is 0 Å². The van der Waals surface area contributed by atoms with E-state index in [2.05, 4.69) is 0 Å². The summed E-state index contributed by atoms with van der Waals surface area (Å²) in [6.45, 7) is 0.613. The molecule has 1 saturated carbocycles. The van der Waals surface area contributed by atoms with Gasteiger partial charge in [0, 0.05) is 6.42 Å². The molecule has 0 amide bonds. The highest BCUT2D eigenvalue weighted by atomic mass is 16.5. The summed E-state index contributed by atoms with van der Waals surface area (Å²) in [5, 5.41) is 9.77. The molecule has 1 aromatic carbocycles. The van der Waals surface area contributed by atoms with Crippen molar-refractivity contribution >= 4 is 0 Å². The Balaban J connectivity index is 1.66. The van der Waals surface area contributed by atoms with Gasteiger partial charge in [0.05, 0.1) is 12.7 Å². The first-order valence-electron chi connectivity index (χ1n) is 5.72. The second-order valence-electron chi connectivity index (χ2n) is 4.21. The molecule has 0 saturated heterocycles. The third-order valence-electron chi connectivity index (χ3n) is 3.12. The van der Waals surface area contributed by atoms with E-state index in [0.717, 1.165) is 12.2 Å². The van der Waals surface area contributed by atoms with Gasteiger partial charge in [-0.3, -0.25) is 0 Å². The number of aliphatic hydroxyl groups is 1. The normalized spacial score (nSPS) is 18.2. The van der Waals surface area contributed by atoms with Crippen molar-refractivity contribution in [3.05, 3.63) is 30.3 Å². The van der Waals surface area contributed by atoms with Gasteiger partial charge in [-0.2, -0.15) is 0 Å². The van der Waals surface area contributed by atoms with Crippen LogP contribution in [0, 0.1) is 5.92 Å². The average molecular weight is 206 g/mol. The summed E-state index contributed by atoms with van der Waals surface area (Å²) < 4.78 is 5.54. The summed E-state index contributed by atoms with van der Waals surface area (Å²) in [6, 6.07) is 9.76. The van der Waals surface area contributed by atoms with Gasteiger partial charge in [-0.1, -0.05) is 24.6 Å². The molecule has 1 aromatic rings. The third kappa shape index (κ3) is 2.96. The lowest BCUT2D eigenvalue weighted by Gasteiger charge is -2.30. The number of aliphatic hydroxyl groups excluding tert-OH is 1. The van der Waals surface area contributed by atoms with Crippen LogP contribution in [0.2, 0.25) is 0 Å². The fourth-order valence-corrected chi connectivity index (χ4v) is 1.87. The summed E-state index contributed by atoms with van der Waals surface area (Å²) in [5.74, 6) is 1.42. The van der Waals surface area contributed by atoms with Crippen LogP contribution >= 0.6 is 0 Å². The van der Waals surface area contributed by atoms with Crippen LogP contribution in [0.15, 0.2) is 30.3 Å². The Morgan fingerprint density at radius 2 is 2.00 bits per heavy atom. The highest BCUT2D eigenvalue weighted by Crippen LogP contribution is 2.30. The second-order valence-corrected chi connectivity index (χ2v) is 4.21. The zero-order chi connectivity index (χ0) is 10.5. The summed E-state index contributed by atoms with van der Waals surface area (Å²) in [6.07, 6.45) is 4.24. The zero-order valence-corrected chi connectivity index (χ0v) is 8.93. The minimum atomic E-state index is -0.164. The van der Waals surface area contributed by atoms with Crippen LogP contribution in [0.5, 0.6) is 5.75 Å². The minimum Gasteiger partial charge on any atom is -0.493 e. The SMILES string of the molecule is OC(CCOc1ccccc1)C1CCC1. The maximum atomic E-state index is 9.77. The molecule has 2 heteroatoms. The van der Waals surface area contributed by atoms with Crippen molar-refractivity contribution in [1.29, 1.82) is 0 Å². The van der Waals surface area contributed by atoms with Crippen molar-refractivity contribution in [2.45, 2.75) is 31.8 Å². The molecule has 1 unspecified atom stereocenters. The van der Waals surface area contributed by atoms with Crippen LogP contribution in [0.3, 0.4) is 0 Å². The number of hydrogen-bond donors (Lipinski definition) is 1. The number of benzene rings is 1.